The molecule has 147 heavy (non-hydrogen) atoms. The molecule has 0 nitrogen and oxygen atoms in total. The summed E-state index contributed by atoms with van der Waals surface area (Å²) in [5.74, 6) is 3.23. The van der Waals surface area contributed by atoms with Gasteiger partial charge in [-0.1, -0.05) is 629 Å². The van der Waals surface area contributed by atoms with Crippen LogP contribution in [0.3, 0.4) is 0 Å². The minimum Gasteiger partial charge on any atom is -0.0683 e. The van der Waals surface area contributed by atoms with Crippen LogP contribution >= 0.6 is 0 Å². The van der Waals surface area contributed by atoms with Crippen molar-refractivity contribution in [2.45, 2.75) is 427 Å². The van der Waals surface area contributed by atoms with Crippen molar-refractivity contribution in [3.63, 3.8) is 0 Å². The zero-order chi connectivity index (χ0) is 112. The molecule has 15 rings (SSSR count). The van der Waals surface area contributed by atoms with Gasteiger partial charge in [-0.15, -0.1) is 0 Å². The lowest BCUT2D eigenvalue weighted by Crippen LogP contribution is -2.07. The van der Waals surface area contributed by atoms with Gasteiger partial charge in [-0.05, 0) is 290 Å². The van der Waals surface area contributed by atoms with Gasteiger partial charge in [0.1, 0.15) is 0 Å². The standard InChI is InChI=1S/C25H28.C21H26.C21H24.3C18H22.13C2H6/c1-4-20(5-2)18-21-8-12-23(13-9-21)25-16-14-24(15-17-25)22-10-6-19(3)7-11-22;2*1-4-16(5-2)13-17-7-11-21-19(14-17)9-8-18-12-15(3)6-10-20(18)21;1-14(2)4-7-16-8-12-18(13-9-16)17-10-5-15(3)6-11-17;1-4-14-7-9-17(10-8-14)18-12-15(5-2)11-16(6-3)13-18;1-4-14-7-9-17(10-8-14)18-12-11-15(5-2)16(6-3)13-18;13*1-2/h6-17,20H,4-5,18H2,1-3H3;6-7,10-12,14,16H,4-5,8-9,13H2,1-3H3;6-12,14,16H,4-5,13H2,1-3H3;5-6,8-14H,4,7H2,1-3H3;2*7-13H,4-6H2,1-3H3;13*1-2H3. The van der Waals surface area contributed by atoms with Gasteiger partial charge in [0.2, 0.25) is 0 Å². The molecule has 0 heteroatoms. The molecule has 0 atom stereocenters. The van der Waals surface area contributed by atoms with Crippen LogP contribution in [-0.2, 0) is 77.0 Å². The summed E-state index contributed by atoms with van der Waals surface area (Å²) in [6.45, 7) is 92.2. The van der Waals surface area contributed by atoms with Crippen LogP contribution < -0.4 is 0 Å². The molecule has 0 amide bonds. The summed E-state index contributed by atoms with van der Waals surface area (Å²) in [5.41, 5.74) is 38.9. The molecule has 1 aliphatic carbocycles. The maximum absolute atomic E-state index is 2.47. The van der Waals surface area contributed by atoms with E-state index in [0.717, 1.165) is 62.2 Å². The van der Waals surface area contributed by atoms with E-state index < -0.39 is 0 Å². The van der Waals surface area contributed by atoms with Gasteiger partial charge in [0.25, 0.3) is 0 Å². The molecule has 0 saturated carbocycles. The third kappa shape index (κ3) is 52.1. The predicted octanol–water partition coefficient (Wildman–Crippen LogP) is 48.0. The molecule has 0 saturated heterocycles. The summed E-state index contributed by atoms with van der Waals surface area (Å²) in [6.07, 6.45) is 22.8. The van der Waals surface area contributed by atoms with E-state index >= 15 is 0 Å². The first-order valence-electron chi connectivity index (χ1n) is 59.8. The molecule has 0 radical (unpaired) electrons. The van der Waals surface area contributed by atoms with Gasteiger partial charge in [-0.2, -0.15) is 0 Å². The fraction of sp³-hybridized carbons (Fsp3) is 0.456. The monoisotopic (exact) mass is 1990 g/mol. The molecule has 810 valence electrons. The summed E-state index contributed by atoms with van der Waals surface area (Å²) in [7, 11) is 0. The SMILES string of the molecule is CC.CC.CC.CC.CC.CC.CC.CC.CC.CC.CC.CC.CC.CCC(CC)Cc1ccc(-c2ccc(-c3ccc(C)cc3)cc2)cc1.CCC(CC)Cc1ccc2c(c1)CCc1cc(C)ccc1-2.CCC(CC)Cc1ccc2c(ccc3cc(C)ccc32)c1.CCc1ccc(-c2cc(CC)cc(CC)c2)cc1.CCc1ccc(-c2ccc(CC)c(CC)c2)cc1.Cc1ccc(-c2ccc(CCC(C)C)cc2)cc1. The van der Waals surface area contributed by atoms with Gasteiger partial charge in [0, 0.05) is 0 Å². The normalized spacial score (nSPS) is 9.88. The van der Waals surface area contributed by atoms with Gasteiger partial charge in [0.05, 0.1) is 0 Å². The summed E-state index contributed by atoms with van der Waals surface area (Å²) in [6, 6.07) is 109. The molecule has 0 aromatic heterocycles. The van der Waals surface area contributed by atoms with E-state index in [0.29, 0.717) is 0 Å². The quantitative estimate of drug-likeness (QED) is 0.0474. The number of aryl methyl sites for hydroxylation is 13. The van der Waals surface area contributed by atoms with Crippen LogP contribution in [0.25, 0.3) is 88.3 Å². The third-order valence-corrected chi connectivity index (χ3v) is 25.6. The Morgan fingerprint density at radius 1 is 0.190 bits per heavy atom. The van der Waals surface area contributed by atoms with Crippen LogP contribution in [-0.4, -0.2) is 0 Å². The highest BCUT2D eigenvalue weighted by Gasteiger charge is 2.18. The Morgan fingerprint density at radius 2 is 0.456 bits per heavy atom. The lowest BCUT2D eigenvalue weighted by molar-refractivity contribution is 0.490. The minimum atomic E-state index is 0.779. The van der Waals surface area contributed by atoms with E-state index in [1.54, 1.807) is 5.56 Å². The Bertz CT molecular complexity index is 5400. The first kappa shape index (κ1) is 143. The summed E-state index contributed by atoms with van der Waals surface area (Å²) in [4.78, 5) is 0. The molecule has 14 aromatic rings. The predicted molar refractivity (Wildman–Crippen MR) is 683 cm³/mol. The largest absolute Gasteiger partial charge is 0.0683 e. The maximum atomic E-state index is 2.47. The number of hydrogen-bond donors (Lipinski definition) is 0. The Kier molecular flexibility index (Phi) is 88.1. The van der Waals surface area contributed by atoms with Crippen molar-refractivity contribution in [1.82, 2.24) is 0 Å². The zero-order valence-electron chi connectivity index (χ0n) is 103. The van der Waals surface area contributed by atoms with Gasteiger partial charge in [-0.3, -0.25) is 0 Å². The molecule has 0 N–H and O–H groups in total. The smallest absolute Gasteiger partial charge is 0.0105 e. The van der Waals surface area contributed by atoms with E-state index in [2.05, 4.69) is 416 Å². The molecule has 0 unspecified atom stereocenters. The van der Waals surface area contributed by atoms with Crippen molar-refractivity contribution in [2.75, 3.05) is 0 Å². The Hall–Kier alpha value is -10.4. The summed E-state index contributed by atoms with van der Waals surface area (Å²) >= 11 is 0. The van der Waals surface area contributed by atoms with E-state index in [-0.39, 0.29) is 0 Å². The third-order valence-electron chi connectivity index (χ3n) is 25.6. The number of benzene rings is 14. The fourth-order valence-electron chi connectivity index (χ4n) is 17.0. The van der Waals surface area contributed by atoms with E-state index in [9.17, 15) is 0 Å². The average molecular weight is 1990 g/mol. The average Bonchev–Trinajstić information content (AvgIpc) is 0.783. The van der Waals surface area contributed by atoms with Crippen molar-refractivity contribution in [2.24, 2.45) is 23.7 Å². The van der Waals surface area contributed by atoms with Crippen molar-refractivity contribution in [1.29, 1.82) is 0 Å². The highest BCUT2D eigenvalue weighted by molar-refractivity contribution is 6.07. The number of rotatable bonds is 26. The maximum Gasteiger partial charge on any atom is -0.0105 e. The zero-order valence-corrected chi connectivity index (χ0v) is 103. The van der Waals surface area contributed by atoms with E-state index in [1.165, 1.54) is 255 Å². The number of hydrogen-bond acceptors (Lipinski definition) is 0. The van der Waals surface area contributed by atoms with Crippen molar-refractivity contribution in [3.8, 4) is 66.8 Å². The minimum absolute atomic E-state index is 0.779. The van der Waals surface area contributed by atoms with Crippen LogP contribution in [0.4, 0.5) is 0 Å². The van der Waals surface area contributed by atoms with Gasteiger partial charge in [-0.25, -0.2) is 0 Å². The molecular weight excluding hydrogens is 1770 g/mol. The summed E-state index contributed by atoms with van der Waals surface area (Å²) < 4.78 is 0. The summed E-state index contributed by atoms with van der Waals surface area (Å²) in [5, 5.41) is 5.46. The molecule has 1 aliphatic rings. The molecule has 0 bridgehead atoms. The van der Waals surface area contributed by atoms with Crippen LogP contribution in [0.15, 0.2) is 291 Å². The second-order valence-corrected chi connectivity index (χ2v) is 34.8. The molecule has 0 heterocycles. The van der Waals surface area contributed by atoms with Crippen molar-refractivity contribution in [3.05, 3.63) is 380 Å². The highest BCUT2D eigenvalue weighted by atomic mass is 14.2. The van der Waals surface area contributed by atoms with Crippen LogP contribution in [0.1, 0.15) is 411 Å². The second kappa shape index (κ2) is 90.7. The lowest BCUT2D eigenvalue weighted by atomic mass is 9.83. The second-order valence-electron chi connectivity index (χ2n) is 34.8. The van der Waals surface area contributed by atoms with Gasteiger partial charge >= 0.3 is 0 Å². The highest BCUT2D eigenvalue weighted by Crippen LogP contribution is 2.37. The van der Waals surface area contributed by atoms with Crippen molar-refractivity contribution < 1.29 is 0 Å². The Balaban J connectivity index is -0.000000799. The Morgan fingerprint density at radius 3 is 0.816 bits per heavy atom. The molecule has 0 spiro atoms. The first-order chi connectivity index (χ1) is 71.8. The lowest BCUT2D eigenvalue weighted by Gasteiger charge is -2.22. The molecule has 0 aliphatic heterocycles. The molecule has 0 fully saturated rings. The fourth-order valence-corrected chi connectivity index (χ4v) is 17.0. The number of fused-ring (bicyclic) bond motifs is 6. The van der Waals surface area contributed by atoms with E-state index in [4.69, 9.17) is 0 Å². The van der Waals surface area contributed by atoms with Crippen LogP contribution in [0.2, 0.25) is 0 Å². The van der Waals surface area contributed by atoms with Gasteiger partial charge < -0.3 is 0 Å². The van der Waals surface area contributed by atoms with Crippen molar-refractivity contribution >= 4 is 21.5 Å². The molecule has 14 aromatic carbocycles. The van der Waals surface area contributed by atoms with Crippen LogP contribution in [0, 0.1) is 51.4 Å². The van der Waals surface area contributed by atoms with Crippen LogP contribution in [0.5, 0.6) is 0 Å². The molecular formula is C147H222. The first-order valence-corrected chi connectivity index (χ1v) is 59.8. The van der Waals surface area contributed by atoms with Gasteiger partial charge in [0.15, 0.2) is 0 Å². The topological polar surface area (TPSA) is 0 Å². The van der Waals surface area contributed by atoms with E-state index in [1.807, 2.05) is 180 Å². The Labute approximate surface area is 912 Å².